The fraction of sp³-hybridized carbons (Fsp3) is 0.529. The van der Waals surface area contributed by atoms with Crippen molar-refractivity contribution < 1.29 is 13.2 Å². The first-order chi connectivity index (χ1) is 11.6. The fourth-order valence-electron chi connectivity index (χ4n) is 3.52. The van der Waals surface area contributed by atoms with Crippen LogP contribution in [-0.4, -0.2) is 54.6 Å². The minimum Gasteiger partial charge on any atom is -0.342 e. The summed E-state index contributed by atoms with van der Waals surface area (Å²) in [7, 11) is -3.32. The predicted octanol–water partition coefficient (Wildman–Crippen LogP) is 1.52. The van der Waals surface area contributed by atoms with Crippen LogP contribution in [0.4, 0.5) is 0 Å². The Labute approximate surface area is 147 Å². The summed E-state index contributed by atoms with van der Waals surface area (Å²) in [5.74, 6) is 1.09. The quantitative estimate of drug-likeness (QED) is 0.860. The highest BCUT2D eigenvalue weighted by Crippen LogP contribution is 2.26. The SMILES string of the molecule is Cc1nc2ccc(C(=O)N3CC(NS(C)(=O)=O)C(C(C)C)C3)cc2[nH]1. The summed E-state index contributed by atoms with van der Waals surface area (Å²) in [5, 5.41) is 0. The van der Waals surface area contributed by atoms with Gasteiger partial charge in [0.05, 0.1) is 17.3 Å². The summed E-state index contributed by atoms with van der Waals surface area (Å²) in [5.41, 5.74) is 2.24. The van der Waals surface area contributed by atoms with E-state index in [1.807, 2.05) is 13.0 Å². The van der Waals surface area contributed by atoms with Gasteiger partial charge < -0.3 is 9.88 Å². The summed E-state index contributed by atoms with van der Waals surface area (Å²) in [6.45, 7) is 6.90. The van der Waals surface area contributed by atoms with Crippen molar-refractivity contribution >= 4 is 27.0 Å². The van der Waals surface area contributed by atoms with Crippen LogP contribution in [0.3, 0.4) is 0 Å². The summed E-state index contributed by atoms with van der Waals surface area (Å²) in [4.78, 5) is 22.1. The van der Waals surface area contributed by atoms with Gasteiger partial charge in [0.2, 0.25) is 10.0 Å². The van der Waals surface area contributed by atoms with Crippen LogP contribution in [0.5, 0.6) is 0 Å². The van der Waals surface area contributed by atoms with E-state index in [1.165, 1.54) is 0 Å². The summed E-state index contributed by atoms with van der Waals surface area (Å²) in [6, 6.07) is 5.15. The van der Waals surface area contributed by atoms with Crippen molar-refractivity contribution in [1.29, 1.82) is 0 Å². The standard InChI is InChI=1S/C17H24N4O3S/c1-10(2)13-8-21(9-16(13)20-25(4,23)24)17(22)12-5-6-14-15(7-12)19-11(3)18-14/h5-7,10,13,16,20H,8-9H2,1-4H3,(H,18,19). The van der Waals surface area contributed by atoms with Crippen LogP contribution in [0.25, 0.3) is 11.0 Å². The molecule has 1 fully saturated rings. The molecule has 0 saturated carbocycles. The second-order valence-corrected chi connectivity index (χ2v) is 8.95. The van der Waals surface area contributed by atoms with Crippen LogP contribution >= 0.6 is 0 Å². The molecule has 1 saturated heterocycles. The Bertz CT molecular complexity index is 904. The molecular weight excluding hydrogens is 340 g/mol. The lowest BCUT2D eigenvalue weighted by Gasteiger charge is -2.21. The molecule has 8 heteroatoms. The number of sulfonamides is 1. The smallest absolute Gasteiger partial charge is 0.253 e. The maximum Gasteiger partial charge on any atom is 0.253 e. The fourth-order valence-corrected chi connectivity index (χ4v) is 4.32. The minimum atomic E-state index is -3.32. The molecule has 2 N–H and O–H groups in total. The van der Waals surface area contributed by atoms with Gasteiger partial charge in [-0.2, -0.15) is 0 Å². The van der Waals surface area contributed by atoms with Crippen molar-refractivity contribution in [1.82, 2.24) is 19.6 Å². The van der Waals surface area contributed by atoms with Gasteiger partial charge in [0.25, 0.3) is 5.91 Å². The highest BCUT2D eigenvalue weighted by molar-refractivity contribution is 7.88. The molecule has 2 unspecified atom stereocenters. The number of nitrogens with one attached hydrogen (secondary N) is 2. The van der Waals surface area contributed by atoms with Crippen molar-refractivity contribution in [3.8, 4) is 0 Å². The van der Waals surface area contributed by atoms with E-state index in [0.717, 1.165) is 23.1 Å². The van der Waals surface area contributed by atoms with Gasteiger partial charge in [0.1, 0.15) is 5.82 Å². The maximum atomic E-state index is 12.9. The summed E-state index contributed by atoms with van der Waals surface area (Å²) >= 11 is 0. The maximum absolute atomic E-state index is 12.9. The Morgan fingerprint density at radius 2 is 2.08 bits per heavy atom. The number of likely N-dealkylation sites (tertiary alicyclic amines) is 1. The zero-order valence-electron chi connectivity index (χ0n) is 14.9. The van der Waals surface area contributed by atoms with Crippen LogP contribution in [0.2, 0.25) is 0 Å². The number of hydrogen-bond acceptors (Lipinski definition) is 4. The lowest BCUT2D eigenvalue weighted by molar-refractivity contribution is 0.0783. The zero-order valence-corrected chi connectivity index (χ0v) is 15.7. The third-order valence-electron chi connectivity index (χ3n) is 4.72. The van der Waals surface area contributed by atoms with E-state index in [2.05, 4.69) is 28.5 Å². The largest absolute Gasteiger partial charge is 0.342 e. The first kappa shape index (κ1) is 17.9. The number of aromatic amines is 1. The number of nitrogens with zero attached hydrogens (tertiary/aromatic N) is 2. The van der Waals surface area contributed by atoms with E-state index in [1.54, 1.807) is 17.0 Å². The van der Waals surface area contributed by atoms with Gasteiger partial charge in [-0.1, -0.05) is 13.8 Å². The highest BCUT2D eigenvalue weighted by Gasteiger charge is 2.38. The zero-order chi connectivity index (χ0) is 18.4. The van der Waals surface area contributed by atoms with Crippen molar-refractivity contribution in [3.63, 3.8) is 0 Å². The number of fused-ring (bicyclic) bond motifs is 1. The van der Waals surface area contributed by atoms with Crippen molar-refractivity contribution in [3.05, 3.63) is 29.6 Å². The Hall–Kier alpha value is -1.93. The predicted molar refractivity (Wildman–Crippen MR) is 96.8 cm³/mol. The van der Waals surface area contributed by atoms with E-state index in [9.17, 15) is 13.2 Å². The average molecular weight is 364 g/mol. The van der Waals surface area contributed by atoms with Gasteiger partial charge in [-0.05, 0) is 37.0 Å². The number of imidazole rings is 1. The van der Waals surface area contributed by atoms with Crippen molar-refractivity contribution in [2.45, 2.75) is 26.8 Å². The van der Waals surface area contributed by atoms with E-state index in [4.69, 9.17) is 0 Å². The number of aryl methyl sites for hydroxylation is 1. The Kier molecular flexibility index (Phi) is 4.59. The van der Waals surface area contributed by atoms with E-state index in [0.29, 0.717) is 18.7 Å². The number of benzene rings is 1. The number of carbonyl (C=O) groups excluding carboxylic acids is 1. The van der Waals surface area contributed by atoms with Crippen LogP contribution in [-0.2, 0) is 10.0 Å². The van der Waals surface area contributed by atoms with Gasteiger partial charge in [0, 0.05) is 24.7 Å². The number of H-pyrrole nitrogens is 1. The van der Waals surface area contributed by atoms with Crippen molar-refractivity contribution in [2.24, 2.45) is 11.8 Å². The number of aromatic nitrogens is 2. The highest BCUT2D eigenvalue weighted by atomic mass is 32.2. The summed E-state index contributed by atoms with van der Waals surface area (Å²) in [6.07, 6.45) is 1.16. The molecule has 0 spiro atoms. The monoisotopic (exact) mass is 364 g/mol. The molecule has 1 aromatic carbocycles. The molecule has 1 amide bonds. The number of carbonyl (C=O) groups is 1. The lowest BCUT2D eigenvalue weighted by atomic mass is 9.92. The molecule has 1 aromatic heterocycles. The second-order valence-electron chi connectivity index (χ2n) is 7.17. The normalized spacial score (nSPS) is 21.4. The molecule has 1 aliphatic heterocycles. The molecule has 2 aromatic rings. The topological polar surface area (TPSA) is 95.2 Å². The molecule has 0 bridgehead atoms. The van der Waals surface area contributed by atoms with Gasteiger partial charge in [0.15, 0.2) is 0 Å². The molecule has 0 radical (unpaired) electrons. The lowest BCUT2D eigenvalue weighted by Crippen LogP contribution is -2.41. The molecule has 0 aliphatic carbocycles. The first-order valence-corrected chi connectivity index (χ1v) is 10.3. The summed E-state index contributed by atoms with van der Waals surface area (Å²) < 4.78 is 25.9. The molecule has 3 rings (SSSR count). The number of rotatable bonds is 4. The van der Waals surface area contributed by atoms with Gasteiger partial charge >= 0.3 is 0 Å². The van der Waals surface area contributed by atoms with Crippen molar-refractivity contribution in [2.75, 3.05) is 19.3 Å². The number of hydrogen-bond donors (Lipinski definition) is 2. The number of amides is 1. The molecule has 7 nitrogen and oxygen atoms in total. The van der Waals surface area contributed by atoms with Gasteiger partial charge in [-0.25, -0.2) is 18.1 Å². The van der Waals surface area contributed by atoms with Gasteiger partial charge in [-0.15, -0.1) is 0 Å². The van der Waals surface area contributed by atoms with E-state index in [-0.39, 0.29) is 23.8 Å². The molecule has 136 valence electrons. The Balaban J connectivity index is 1.83. The van der Waals surface area contributed by atoms with Crippen LogP contribution < -0.4 is 4.72 Å². The van der Waals surface area contributed by atoms with E-state index < -0.39 is 10.0 Å². The molecule has 2 heterocycles. The molecular formula is C17H24N4O3S. The molecule has 2 atom stereocenters. The van der Waals surface area contributed by atoms with E-state index >= 15 is 0 Å². The average Bonchev–Trinajstić information content (AvgIpc) is 3.06. The third kappa shape index (κ3) is 3.85. The Morgan fingerprint density at radius 1 is 1.36 bits per heavy atom. The van der Waals surface area contributed by atoms with Crippen LogP contribution in [0.1, 0.15) is 30.0 Å². The molecule has 25 heavy (non-hydrogen) atoms. The minimum absolute atomic E-state index is 0.0856. The molecule has 1 aliphatic rings. The first-order valence-electron chi connectivity index (χ1n) is 8.37. The third-order valence-corrected chi connectivity index (χ3v) is 5.45. The Morgan fingerprint density at radius 3 is 2.72 bits per heavy atom. The second kappa shape index (κ2) is 6.42. The van der Waals surface area contributed by atoms with Crippen LogP contribution in [0.15, 0.2) is 18.2 Å². The van der Waals surface area contributed by atoms with Crippen LogP contribution in [0, 0.1) is 18.8 Å². The van der Waals surface area contributed by atoms with Gasteiger partial charge in [-0.3, -0.25) is 4.79 Å².